The molecule has 1 saturated carbocycles. The molecule has 2 nitrogen and oxygen atoms in total. The molecule has 0 unspecified atom stereocenters. The van der Waals surface area contributed by atoms with Crippen molar-refractivity contribution in [3.8, 4) is 0 Å². The fourth-order valence-corrected chi connectivity index (χ4v) is 3.03. The maximum atomic E-state index is 4.81. The minimum absolute atomic E-state index is 0.834. The minimum Gasteiger partial charge on any atom is -0.324 e. The molecule has 3 aromatic rings. The van der Waals surface area contributed by atoms with E-state index in [1.54, 1.807) is 0 Å². The molecule has 4 rings (SSSR count). The van der Waals surface area contributed by atoms with Gasteiger partial charge in [0.05, 0.1) is 11.0 Å². The summed E-state index contributed by atoms with van der Waals surface area (Å²) in [5.74, 6) is 2.28. The number of hydrogen-bond donors (Lipinski definition) is 0. The van der Waals surface area contributed by atoms with E-state index < -0.39 is 0 Å². The predicted molar refractivity (Wildman–Crippen MR) is 100 cm³/mol. The summed E-state index contributed by atoms with van der Waals surface area (Å²) in [6.07, 6.45) is 12.7. The third-order valence-corrected chi connectivity index (χ3v) is 4.22. The smallest absolute Gasteiger partial charge is 0.133 e. The van der Waals surface area contributed by atoms with Gasteiger partial charge in [-0.15, -0.1) is 0 Å². The maximum absolute atomic E-state index is 4.81. The van der Waals surface area contributed by atoms with Gasteiger partial charge in [0, 0.05) is 12.5 Å². The van der Waals surface area contributed by atoms with Gasteiger partial charge in [0.25, 0.3) is 0 Å². The van der Waals surface area contributed by atoms with Crippen molar-refractivity contribution in [2.45, 2.75) is 13.5 Å². The van der Waals surface area contributed by atoms with Crippen LogP contribution in [-0.2, 0) is 6.54 Å². The lowest BCUT2D eigenvalue weighted by atomic mass is 10.1. The van der Waals surface area contributed by atoms with Crippen molar-refractivity contribution in [1.82, 2.24) is 9.55 Å². The summed E-state index contributed by atoms with van der Waals surface area (Å²) >= 11 is 0. The van der Waals surface area contributed by atoms with Crippen LogP contribution in [0.25, 0.3) is 23.2 Å². The van der Waals surface area contributed by atoms with E-state index in [1.807, 2.05) is 6.07 Å². The van der Waals surface area contributed by atoms with Gasteiger partial charge in [-0.3, -0.25) is 0 Å². The van der Waals surface area contributed by atoms with E-state index in [2.05, 4.69) is 91.8 Å². The van der Waals surface area contributed by atoms with E-state index in [9.17, 15) is 0 Å². The standard InChI is InChI=1S/C22H19N2/c1-17-7-6-10-18(15-17)13-14-22-23-20-11-4-5-12-21(20)24(22)16-19-8-2-3-9-19/h2-15H,16H2,1H3/b14-13+. The summed E-state index contributed by atoms with van der Waals surface area (Å²) < 4.78 is 2.27. The molecule has 0 aliphatic heterocycles. The highest BCUT2D eigenvalue weighted by Gasteiger charge is 2.19. The largest absolute Gasteiger partial charge is 0.324 e. The lowest BCUT2D eigenvalue weighted by Crippen LogP contribution is -2.08. The van der Waals surface area contributed by atoms with E-state index in [1.165, 1.54) is 22.6 Å². The Morgan fingerprint density at radius 1 is 0.958 bits per heavy atom. The van der Waals surface area contributed by atoms with E-state index >= 15 is 0 Å². The second kappa shape index (κ2) is 6.64. The summed E-state index contributed by atoms with van der Waals surface area (Å²) in [5, 5.41) is 0. The molecule has 1 fully saturated rings. The molecular weight excluding hydrogens is 292 g/mol. The number of aryl methyl sites for hydroxylation is 1. The highest BCUT2D eigenvalue weighted by atomic mass is 15.1. The zero-order chi connectivity index (χ0) is 16.4. The molecule has 1 aromatic heterocycles. The molecule has 0 N–H and O–H groups in total. The van der Waals surface area contributed by atoms with Gasteiger partial charge in [0.1, 0.15) is 5.82 Å². The van der Waals surface area contributed by atoms with Crippen molar-refractivity contribution in [1.29, 1.82) is 0 Å². The van der Waals surface area contributed by atoms with Crippen LogP contribution < -0.4 is 0 Å². The molecule has 5 radical (unpaired) electrons. The third-order valence-electron chi connectivity index (χ3n) is 4.22. The number of aromatic nitrogens is 2. The van der Waals surface area contributed by atoms with Gasteiger partial charge in [0.2, 0.25) is 0 Å². The van der Waals surface area contributed by atoms with Crippen LogP contribution in [0.3, 0.4) is 0 Å². The SMILES string of the molecule is Cc1cccc(/C=C/c2nc3ccccc3n2C[C]2[CH][CH][CH][CH]2)c1. The summed E-state index contributed by atoms with van der Waals surface area (Å²) in [4.78, 5) is 4.81. The molecule has 0 spiro atoms. The highest BCUT2D eigenvalue weighted by Crippen LogP contribution is 2.28. The normalized spacial score (nSPS) is 15.7. The van der Waals surface area contributed by atoms with Crippen LogP contribution in [0.15, 0.2) is 48.5 Å². The fourth-order valence-electron chi connectivity index (χ4n) is 3.03. The first-order valence-corrected chi connectivity index (χ1v) is 8.20. The van der Waals surface area contributed by atoms with Gasteiger partial charge >= 0.3 is 0 Å². The topological polar surface area (TPSA) is 17.8 Å². The van der Waals surface area contributed by atoms with Gasteiger partial charge < -0.3 is 4.57 Å². The Hall–Kier alpha value is -2.35. The molecule has 0 atom stereocenters. The number of benzene rings is 2. The lowest BCUT2D eigenvalue weighted by molar-refractivity contribution is 0.757. The number of fused-ring (bicyclic) bond motifs is 1. The molecule has 0 amide bonds. The Morgan fingerprint density at radius 2 is 1.79 bits per heavy atom. The molecule has 24 heavy (non-hydrogen) atoms. The second-order valence-electron chi connectivity index (χ2n) is 6.09. The molecule has 1 aliphatic rings. The number of rotatable bonds is 4. The Bertz CT molecular complexity index is 867. The van der Waals surface area contributed by atoms with Crippen LogP contribution in [0.2, 0.25) is 0 Å². The number of hydrogen-bond acceptors (Lipinski definition) is 1. The van der Waals surface area contributed by atoms with Gasteiger partial charge in [-0.05, 0) is 56.4 Å². The van der Waals surface area contributed by atoms with Crippen LogP contribution in [0.4, 0.5) is 0 Å². The lowest BCUT2D eigenvalue weighted by Gasteiger charge is -2.12. The van der Waals surface area contributed by atoms with Crippen LogP contribution in [-0.4, -0.2) is 9.55 Å². The van der Waals surface area contributed by atoms with Crippen LogP contribution >= 0.6 is 0 Å². The van der Waals surface area contributed by atoms with Gasteiger partial charge in [-0.1, -0.05) is 48.0 Å². The number of nitrogens with zero attached hydrogens (tertiary/aromatic N) is 2. The zero-order valence-electron chi connectivity index (χ0n) is 13.7. The van der Waals surface area contributed by atoms with Crippen LogP contribution in [0.1, 0.15) is 17.0 Å². The summed E-state index contributed by atoms with van der Waals surface area (Å²) in [5.41, 5.74) is 4.67. The highest BCUT2D eigenvalue weighted by molar-refractivity contribution is 5.80. The van der Waals surface area contributed by atoms with Crippen LogP contribution in [0.5, 0.6) is 0 Å². The molecular formula is C22H19N2. The fraction of sp³-hybridized carbons (Fsp3) is 0.0909. The first-order valence-electron chi connectivity index (χ1n) is 8.20. The number of imidazole rings is 1. The molecule has 1 heterocycles. The Labute approximate surface area is 143 Å². The van der Waals surface area contributed by atoms with Crippen molar-refractivity contribution in [3.05, 3.63) is 97.1 Å². The number of para-hydroxylation sites is 2. The van der Waals surface area contributed by atoms with Gasteiger partial charge in [0.15, 0.2) is 0 Å². The van der Waals surface area contributed by atoms with Crippen molar-refractivity contribution >= 4 is 23.2 Å². The van der Waals surface area contributed by atoms with Crippen molar-refractivity contribution < 1.29 is 0 Å². The molecule has 0 saturated heterocycles. The van der Waals surface area contributed by atoms with E-state index in [4.69, 9.17) is 4.98 Å². The zero-order valence-corrected chi connectivity index (χ0v) is 13.7. The van der Waals surface area contributed by atoms with Crippen molar-refractivity contribution in [2.75, 3.05) is 0 Å². The van der Waals surface area contributed by atoms with Crippen molar-refractivity contribution in [2.24, 2.45) is 0 Å². The average molecular weight is 311 g/mol. The molecule has 2 heteroatoms. The Morgan fingerprint density at radius 3 is 2.62 bits per heavy atom. The van der Waals surface area contributed by atoms with Gasteiger partial charge in [-0.25, -0.2) is 4.98 Å². The monoisotopic (exact) mass is 311 g/mol. The Kier molecular flexibility index (Phi) is 4.20. The maximum Gasteiger partial charge on any atom is 0.133 e. The molecule has 117 valence electrons. The first-order chi connectivity index (χ1) is 11.8. The van der Waals surface area contributed by atoms with E-state index in [-0.39, 0.29) is 0 Å². The third kappa shape index (κ3) is 3.14. The first kappa shape index (κ1) is 15.2. The predicted octanol–water partition coefficient (Wildman–Crippen LogP) is 4.92. The second-order valence-corrected chi connectivity index (χ2v) is 6.09. The summed E-state index contributed by atoms with van der Waals surface area (Å²) in [6.45, 7) is 2.95. The van der Waals surface area contributed by atoms with E-state index in [0.29, 0.717) is 0 Å². The van der Waals surface area contributed by atoms with Crippen LogP contribution in [0, 0.1) is 38.5 Å². The van der Waals surface area contributed by atoms with Gasteiger partial charge in [-0.2, -0.15) is 0 Å². The molecule has 1 aliphatic carbocycles. The summed E-state index contributed by atoms with van der Waals surface area (Å²) in [6, 6.07) is 16.8. The average Bonchev–Trinajstić information content (AvgIpc) is 3.22. The Balaban J connectivity index is 1.70. The summed E-state index contributed by atoms with van der Waals surface area (Å²) in [7, 11) is 0. The molecule has 2 aromatic carbocycles. The van der Waals surface area contributed by atoms with E-state index in [0.717, 1.165) is 17.9 Å². The molecule has 0 bridgehead atoms. The minimum atomic E-state index is 0.834. The van der Waals surface area contributed by atoms with Crippen molar-refractivity contribution in [3.63, 3.8) is 0 Å². The quantitative estimate of drug-likeness (QED) is 0.668.